The molecule has 0 bridgehead atoms. The number of thiophene rings is 1. The summed E-state index contributed by atoms with van der Waals surface area (Å²) in [6, 6.07) is 6.17. The Morgan fingerprint density at radius 1 is 1.23 bits per heavy atom. The summed E-state index contributed by atoms with van der Waals surface area (Å²) in [4.78, 5) is 21.4. The lowest BCUT2D eigenvalue weighted by atomic mass is 10.1. The van der Waals surface area contributed by atoms with E-state index in [0.29, 0.717) is 17.1 Å². The number of halogens is 3. The molecule has 2 heterocycles. The number of carbonyl (C=O) groups is 1. The van der Waals surface area contributed by atoms with Gasteiger partial charge in [0.2, 0.25) is 0 Å². The van der Waals surface area contributed by atoms with Gasteiger partial charge in [0, 0.05) is 22.5 Å². The van der Waals surface area contributed by atoms with E-state index in [-0.39, 0.29) is 18.1 Å². The third-order valence-corrected chi connectivity index (χ3v) is 4.95. The third kappa shape index (κ3) is 5.33. The molecule has 2 aromatic heterocycles. The van der Waals surface area contributed by atoms with Crippen LogP contribution in [0.2, 0.25) is 0 Å². The number of alkyl halides is 3. The van der Waals surface area contributed by atoms with Gasteiger partial charge in [0.05, 0.1) is 12.3 Å². The van der Waals surface area contributed by atoms with Gasteiger partial charge >= 0.3 is 6.36 Å². The molecular formula is C20H18F3N3O3S. The van der Waals surface area contributed by atoms with Crippen molar-refractivity contribution < 1.29 is 27.8 Å². The fourth-order valence-corrected chi connectivity index (χ4v) is 3.42. The Bertz CT molecular complexity index is 1040. The number of aryl methyl sites for hydroxylation is 1. The highest BCUT2D eigenvalue weighted by Gasteiger charge is 2.31. The lowest BCUT2D eigenvalue weighted by molar-refractivity contribution is -0.274. The number of aliphatic hydroxyl groups excluding tert-OH is 1. The largest absolute Gasteiger partial charge is 0.573 e. The molecule has 3 rings (SSSR count). The van der Waals surface area contributed by atoms with Gasteiger partial charge in [-0.15, -0.1) is 13.2 Å². The van der Waals surface area contributed by atoms with E-state index >= 15 is 0 Å². The molecule has 0 fully saturated rings. The first-order valence-electron chi connectivity index (χ1n) is 8.86. The molecule has 10 heteroatoms. The minimum Gasteiger partial charge on any atom is -0.406 e. The molecule has 3 aromatic rings. The zero-order valence-corrected chi connectivity index (χ0v) is 16.8. The smallest absolute Gasteiger partial charge is 0.406 e. The van der Waals surface area contributed by atoms with E-state index in [0.717, 1.165) is 11.1 Å². The molecular weight excluding hydrogens is 419 g/mol. The zero-order valence-electron chi connectivity index (χ0n) is 16.0. The van der Waals surface area contributed by atoms with Crippen molar-refractivity contribution in [3.8, 4) is 28.4 Å². The van der Waals surface area contributed by atoms with Crippen molar-refractivity contribution in [1.82, 2.24) is 15.3 Å². The number of hydrogen-bond acceptors (Lipinski definition) is 6. The van der Waals surface area contributed by atoms with Crippen molar-refractivity contribution >= 4 is 17.2 Å². The van der Waals surface area contributed by atoms with Gasteiger partial charge in [-0.05, 0) is 55.1 Å². The zero-order chi connectivity index (χ0) is 21.9. The Morgan fingerprint density at radius 3 is 2.50 bits per heavy atom. The van der Waals surface area contributed by atoms with E-state index in [4.69, 9.17) is 0 Å². The fraction of sp³-hybridized carbons (Fsp3) is 0.250. The maximum atomic E-state index is 12.6. The van der Waals surface area contributed by atoms with Crippen LogP contribution in [0.15, 0.2) is 41.1 Å². The van der Waals surface area contributed by atoms with Crippen LogP contribution in [0.5, 0.6) is 5.75 Å². The van der Waals surface area contributed by atoms with Gasteiger partial charge in [-0.3, -0.25) is 4.79 Å². The first-order valence-corrected chi connectivity index (χ1v) is 9.80. The highest BCUT2D eigenvalue weighted by atomic mass is 32.1. The molecule has 1 amide bonds. The van der Waals surface area contributed by atoms with E-state index in [9.17, 15) is 23.1 Å². The average molecular weight is 437 g/mol. The summed E-state index contributed by atoms with van der Waals surface area (Å²) in [7, 11) is 0. The summed E-state index contributed by atoms with van der Waals surface area (Å²) in [5, 5.41) is 15.6. The molecule has 0 saturated carbocycles. The molecule has 30 heavy (non-hydrogen) atoms. The van der Waals surface area contributed by atoms with Crippen molar-refractivity contribution in [1.29, 1.82) is 0 Å². The molecule has 0 aliphatic carbocycles. The number of amides is 1. The Kier molecular flexibility index (Phi) is 6.37. The summed E-state index contributed by atoms with van der Waals surface area (Å²) >= 11 is 1.46. The van der Waals surface area contributed by atoms with E-state index in [2.05, 4.69) is 20.0 Å². The molecule has 6 nitrogen and oxygen atoms in total. The van der Waals surface area contributed by atoms with Gasteiger partial charge in [-0.25, -0.2) is 9.97 Å². The lowest BCUT2D eigenvalue weighted by Gasteiger charge is -2.13. The Balaban J connectivity index is 2.02. The molecule has 1 atom stereocenters. The monoisotopic (exact) mass is 437 g/mol. The molecule has 0 aliphatic heterocycles. The van der Waals surface area contributed by atoms with E-state index in [1.807, 2.05) is 17.7 Å². The second-order valence-electron chi connectivity index (χ2n) is 6.56. The second-order valence-corrected chi connectivity index (χ2v) is 7.30. The minimum atomic E-state index is -4.78. The SMILES string of the molecule is Cc1cscc1-c1nc(C(=O)NC(C)CO)cc(-c2ccc(OC(F)(F)F)cc2)n1. The number of ether oxygens (including phenoxy) is 1. The molecule has 1 aromatic carbocycles. The maximum Gasteiger partial charge on any atom is 0.573 e. The van der Waals surface area contributed by atoms with Gasteiger partial charge in [0.1, 0.15) is 11.4 Å². The van der Waals surface area contributed by atoms with Crippen molar-refractivity contribution in [2.45, 2.75) is 26.3 Å². The van der Waals surface area contributed by atoms with Crippen molar-refractivity contribution in [2.24, 2.45) is 0 Å². The second kappa shape index (κ2) is 8.80. The lowest BCUT2D eigenvalue weighted by Crippen LogP contribution is -2.35. The predicted octanol–water partition coefficient (Wildman–Crippen LogP) is 4.19. The first kappa shape index (κ1) is 21.7. The van der Waals surface area contributed by atoms with Crippen LogP contribution < -0.4 is 10.1 Å². The van der Waals surface area contributed by atoms with Gasteiger partial charge in [0.15, 0.2) is 5.82 Å². The highest BCUT2D eigenvalue weighted by Crippen LogP contribution is 2.29. The van der Waals surface area contributed by atoms with Gasteiger partial charge in [0.25, 0.3) is 5.91 Å². The molecule has 0 spiro atoms. The van der Waals surface area contributed by atoms with Crippen LogP contribution in [0.25, 0.3) is 22.6 Å². The van der Waals surface area contributed by atoms with Crippen molar-refractivity contribution in [2.75, 3.05) is 6.61 Å². The Morgan fingerprint density at radius 2 is 1.93 bits per heavy atom. The van der Waals surface area contributed by atoms with Crippen LogP contribution in [-0.4, -0.2) is 40.0 Å². The predicted molar refractivity (Wildman–Crippen MR) is 106 cm³/mol. The maximum absolute atomic E-state index is 12.6. The topological polar surface area (TPSA) is 84.3 Å². The molecule has 158 valence electrons. The molecule has 0 radical (unpaired) electrons. The van der Waals surface area contributed by atoms with Crippen LogP contribution in [0, 0.1) is 6.92 Å². The summed E-state index contributed by atoms with van der Waals surface area (Å²) in [5.41, 5.74) is 2.62. The van der Waals surface area contributed by atoms with E-state index < -0.39 is 18.3 Å². The Labute approximate surface area is 174 Å². The van der Waals surface area contributed by atoms with E-state index in [1.165, 1.54) is 41.7 Å². The number of nitrogens with one attached hydrogen (secondary N) is 1. The molecule has 0 aliphatic rings. The Hall–Kier alpha value is -2.98. The average Bonchev–Trinajstić information content (AvgIpc) is 3.12. The number of rotatable bonds is 6. The fourth-order valence-electron chi connectivity index (χ4n) is 2.59. The van der Waals surface area contributed by atoms with Crippen LogP contribution in [0.1, 0.15) is 23.0 Å². The number of nitrogens with zero attached hydrogens (tertiary/aromatic N) is 2. The molecule has 1 unspecified atom stereocenters. The number of aliphatic hydroxyl groups is 1. The van der Waals surface area contributed by atoms with Crippen LogP contribution in [-0.2, 0) is 0 Å². The number of hydrogen-bond donors (Lipinski definition) is 2. The normalized spacial score (nSPS) is 12.5. The third-order valence-electron chi connectivity index (χ3n) is 4.09. The summed E-state index contributed by atoms with van der Waals surface area (Å²) in [6.07, 6.45) is -4.78. The van der Waals surface area contributed by atoms with Gasteiger partial charge in [-0.2, -0.15) is 11.3 Å². The van der Waals surface area contributed by atoms with E-state index in [1.54, 1.807) is 6.92 Å². The number of benzene rings is 1. The quantitative estimate of drug-likeness (QED) is 0.604. The number of aromatic nitrogens is 2. The first-order chi connectivity index (χ1) is 14.2. The van der Waals surface area contributed by atoms with Crippen molar-refractivity contribution in [3.63, 3.8) is 0 Å². The highest BCUT2D eigenvalue weighted by molar-refractivity contribution is 7.08. The summed E-state index contributed by atoms with van der Waals surface area (Å²) in [6.45, 7) is 3.29. The molecule has 0 saturated heterocycles. The summed E-state index contributed by atoms with van der Waals surface area (Å²) in [5.74, 6) is -0.529. The molecule has 2 N–H and O–H groups in total. The minimum absolute atomic E-state index is 0.0801. The van der Waals surface area contributed by atoms with Crippen LogP contribution in [0.3, 0.4) is 0 Å². The van der Waals surface area contributed by atoms with Crippen LogP contribution in [0.4, 0.5) is 13.2 Å². The number of carbonyl (C=O) groups excluding carboxylic acids is 1. The van der Waals surface area contributed by atoms with Crippen LogP contribution >= 0.6 is 11.3 Å². The summed E-state index contributed by atoms with van der Waals surface area (Å²) < 4.78 is 41.0. The van der Waals surface area contributed by atoms with Gasteiger partial charge in [-0.1, -0.05) is 0 Å². The standard InChI is InChI=1S/C20H18F3N3O3S/c1-11-9-30-10-15(11)18-25-16(7-17(26-18)19(28)24-12(2)8-27)13-3-5-14(6-4-13)29-20(21,22)23/h3-7,9-10,12,27H,8H2,1-2H3,(H,24,28). The van der Waals surface area contributed by atoms with Gasteiger partial charge < -0.3 is 15.2 Å². The van der Waals surface area contributed by atoms with Crippen molar-refractivity contribution in [3.05, 3.63) is 52.3 Å².